The second-order valence-corrected chi connectivity index (χ2v) is 6.18. The number of aryl methyl sites for hydroxylation is 1. The zero-order valence-corrected chi connectivity index (χ0v) is 12.2. The lowest BCUT2D eigenvalue weighted by Crippen LogP contribution is -2.45. The van der Waals surface area contributed by atoms with Crippen LogP contribution in [0.5, 0.6) is 0 Å². The van der Waals surface area contributed by atoms with E-state index in [1.54, 1.807) is 0 Å². The average Bonchev–Trinajstić information content (AvgIpc) is 3.07. The topological polar surface area (TPSA) is 64.2 Å². The number of carbonyl (C=O) groups excluding carboxylic acids is 1. The van der Waals surface area contributed by atoms with Gasteiger partial charge >= 0.3 is 0 Å². The molecule has 2 fully saturated rings. The summed E-state index contributed by atoms with van der Waals surface area (Å²) in [5, 5.41) is 4.24. The van der Waals surface area contributed by atoms with Gasteiger partial charge in [-0.15, -0.1) is 0 Å². The van der Waals surface area contributed by atoms with Gasteiger partial charge in [0.2, 0.25) is 5.91 Å². The second-order valence-electron chi connectivity index (χ2n) is 6.18. The van der Waals surface area contributed by atoms with Crippen LogP contribution < -0.4 is 5.73 Å². The number of nitrogens with two attached hydrogens (primary N) is 1. The molecule has 0 bridgehead atoms. The number of aromatic nitrogens is 2. The molecule has 0 spiro atoms. The van der Waals surface area contributed by atoms with E-state index in [1.165, 1.54) is 5.69 Å². The van der Waals surface area contributed by atoms with Crippen LogP contribution in [-0.4, -0.2) is 39.7 Å². The first-order valence-electron chi connectivity index (χ1n) is 7.69. The van der Waals surface area contributed by atoms with Crippen molar-refractivity contribution in [3.05, 3.63) is 18.0 Å². The molecule has 1 amide bonds. The van der Waals surface area contributed by atoms with E-state index in [2.05, 4.69) is 11.2 Å². The van der Waals surface area contributed by atoms with Crippen molar-refractivity contribution in [2.45, 2.75) is 44.1 Å². The highest BCUT2D eigenvalue weighted by Gasteiger charge is 2.35. The van der Waals surface area contributed by atoms with Gasteiger partial charge in [-0.2, -0.15) is 5.10 Å². The van der Waals surface area contributed by atoms with Gasteiger partial charge in [-0.1, -0.05) is 6.42 Å². The average molecular weight is 276 g/mol. The van der Waals surface area contributed by atoms with E-state index >= 15 is 0 Å². The van der Waals surface area contributed by atoms with Crippen molar-refractivity contribution in [1.29, 1.82) is 0 Å². The van der Waals surface area contributed by atoms with Crippen LogP contribution in [0.25, 0.3) is 0 Å². The third-order valence-corrected chi connectivity index (χ3v) is 4.97. The fourth-order valence-electron chi connectivity index (χ4n) is 3.71. The third-order valence-electron chi connectivity index (χ3n) is 4.97. The molecule has 1 aliphatic heterocycles. The Hall–Kier alpha value is -1.36. The molecule has 1 aliphatic carbocycles. The Morgan fingerprint density at radius 2 is 2.05 bits per heavy atom. The van der Waals surface area contributed by atoms with Crippen molar-refractivity contribution in [1.82, 2.24) is 14.7 Å². The highest BCUT2D eigenvalue weighted by atomic mass is 16.2. The maximum atomic E-state index is 12.5. The van der Waals surface area contributed by atoms with Gasteiger partial charge in [0.15, 0.2) is 0 Å². The van der Waals surface area contributed by atoms with E-state index in [1.807, 2.05) is 22.8 Å². The summed E-state index contributed by atoms with van der Waals surface area (Å²) in [6.07, 6.45) is 7.00. The molecule has 1 saturated carbocycles. The van der Waals surface area contributed by atoms with Gasteiger partial charge in [-0.25, -0.2) is 0 Å². The maximum Gasteiger partial charge on any atom is 0.227 e. The Bertz CT molecular complexity index is 476. The van der Waals surface area contributed by atoms with Crippen molar-refractivity contribution in [2.24, 2.45) is 18.7 Å². The van der Waals surface area contributed by atoms with E-state index in [-0.39, 0.29) is 12.0 Å². The zero-order chi connectivity index (χ0) is 14.1. The molecule has 20 heavy (non-hydrogen) atoms. The van der Waals surface area contributed by atoms with Crippen molar-refractivity contribution >= 4 is 5.91 Å². The van der Waals surface area contributed by atoms with E-state index in [9.17, 15) is 4.79 Å². The number of amides is 1. The minimum Gasteiger partial charge on any atom is -0.342 e. The Morgan fingerprint density at radius 1 is 1.30 bits per heavy atom. The van der Waals surface area contributed by atoms with E-state index < -0.39 is 0 Å². The Kier molecular flexibility index (Phi) is 3.78. The molecule has 0 aromatic carbocycles. The van der Waals surface area contributed by atoms with Crippen LogP contribution in [0.4, 0.5) is 0 Å². The summed E-state index contributed by atoms with van der Waals surface area (Å²) in [4.78, 5) is 14.5. The first-order valence-corrected chi connectivity index (χ1v) is 7.69. The summed E-state index contributed by atoms with van der Waals surface area (Å²) in [6.45, 7) is 1.72. The van der Waals surface area contributed by atoms with Crippen LogP contribution in [0.15, 0.2) is 12.3 Å². The Balaban J connectivity index is 1.58. The molecule has 3 rings (SSSR count). The molecule has 2 aliphatic rings. The van der Waals surface area contributed by atoms with Crippen LogP contribution in [-0.2, 0) is 11.8 Å². The van der Waals surface area contributed by atoms with Gasteiger partial charge in [-0.05, 0) is 31.7 Å². The normalized spacial score (nSPS) is 28.0. The molecule has 1 aromatic heterocycles. The van der Waals surface area contributed by atoms with Gasteiger partial charge < -0.3 is 10.6 Å². The smallest absolute Gasteiger partial charge is 0.227 e. The zero-order valence-electron chi connectivity index (χ0n) is 12.2. The summed E-state index contributed by atoms with van der Waals surface area (Å²) < 4.78 is 1.95. The Labute approximate surface area is 120 Å². The molecule has 5 nitrogen and oxygen atoms in total. The molecular weight excluding hydrogens is 252 g/mol. The standard InChI is InChI=1S/C15H24N4O/c1-18-14(5-8-17-18)11-6-9-19(10-7-11)15(20)12-3-2-4-13(12)16/h5,8,11-13H,2-4,6-7,9-10,16H2,1H3/t12-,13-/m1/s1. The number of hydrogen-bond donors (Lipinski definition) is 1. The highest BCUT2D eigenvalue weighted by molar-refractivity contribution is 5.80. The van der Waals surface area contributed by atoms with Crippen molar-refractivity contribution < 1.29 is 4.79 Å². The lowest BCUT2D eigenvalue weighted by molar-refractivity contribution is -0.136. The monoisotopic (exact) mass is 276 g/mol. The first kappa shape index (κ1) is 13.6. The predicted molar refractivity (Wildman–Crippen MR) is 77.1 cm³/mol. The molecule has 0 radical (unpaired) electrons. The first-order chi connectivity index (χ1) is 9.66. The van der Waals surface area contributed by atoms with Crippen LogP contribution >= 0.6 is 0 Å². The number of piperidine rings is 1. The molecule has 1 saturated heterocycles. The fraction of sp³-hybridized carbons (Fsp3) is 0.733. The summed E-state index contributed by atoms with van der Waals surface area (Å²) in [5.74, 6) is 0.894. The minimum atomic E-state index is 0.0725. The molecule has 2 heterocycles. The highest BCUT2D eigenvalue weighted by Crippen LogP contribution is 2.31. The summed E-state index contributed by atoms with van der Waals surface area (Å²) in [6, 6.07) is 2.17. The van der Waals surface area contributed by atoms with E-state index in [4.69, 9.17) is 5.73 Å². The summed E-state index contributed by atoms with van der Waals surface area (Å²) in [5.41, 5.74) is 7.34. The van der Waals surface area contributed by atoms with Crippen LogP contribution in [0, 0.1) is 5.92 Å². The van der Waals surface area contributed by atoms with Gasteiger partial charge in [0.25, 0.3) is 0 Å². The number of likely N-dealkylation sites (tertiary alicyclic amines) is 1. The molecule has 110 valence electrons. The third kappa shape index (κ3) is 2.46. The van der Waals surface area contributed by atoms with Crippen molar-refractivity contribution in [3.63, 3.8) is 0 Å². The molecule has 1 aromatic rings. The van der Waals surface area contributed by atoms with Crippen molar-refractivity contribution in [2.75, 3.05) is 13.1 Å². The van der Waals surface area contributed by atoms with Crippen molar-refractivity contribution in [3.8, 4) is 0 Å². The van der Waals surface area contributed by atoms with Crippen LogP contribution in [0.3, 0.4) is 0 Å². The summed E-state index contributed by atoms with van der Waals surface area (Å²) >= 11 is 0. The molecule has 5 heteroatoms. The number of hydrogen-bond acceptors (Lipinski definition) is 3. The SMILES string of the molecule is Cn1nccc1C1CCN(C(=O)[C@@H]2CCC[C@H]2N)CC1. The van der Waals surface area contributed by atoms with E-state index in [0.29, 0.717) is 11.8 Å². The second kappa shape index (κ2) is 5.56. The van der Waals surface area contributed by atoms with Crippen LogP contribution in [0.1, 0.15) is 43.7 Å². The lowest BCUT2D eigenvalue weighted by Gasteiger charge is -2.34. The van der Waals surface area contributed by atoms with Gasteiger partial charge in [0, 0.05) is 44.0 Å². The molecule has 0 unspecified atom stereocenters. The molecular formula is C15H24N4O. The number of rotatable bonds is 2. The largest absolute Gasteiger partial charge is 0.342 e. The van der Waals surface area contributed by atoms with Gasteiger partial charge in [0.1, 0.15) is 0 Å². The quantitative estimate of drug-likeness (QED) is 0.884. The Morgan fingerprint density at radius 3 is 2.60 bits per heavy atom. The molecule has 2 N–H and O–H groups in total. The predicted octanol–water partition coefficient (Wildman–Crippen LogP) is 1.25. The summed E-state index contributed by atoms with van der Waals surface area (Å²) in [7, 11) is 1.99. The lowest BCUT2D eigenvalue weighted by atomic mass is 9.92. The minimum absolute atomic E-state index is 0.0725. The fourth-order valence-corrected chi connectivity index (χ4v) is 3.71. The van der Waals surface area contributed by atoms with Gasteiger partial charge in [0.05, 0.1) is 5.92 Å². The van der Waals surface area contributed by atoms with Crippen LogP contribution in [0.2, 0.25) is 0 Å². The van der Waals surface area contributed by atoms with Gasteiger partial charge in [-0.3, -0.25) is 9.48 Å². The maximum absolute atomic E-state index is 12.5. The van der Waals surface area contributed by atoms with E-state index in [0.717, 1.165) is 45.2 Å². The number of nitrogens with zero attached hydrogens (tertiary/aromatic N) is 3. The molecule has 2 atom stereocenters. The number of carbonyl (C=O) groups is 1.